The lowest BCUT2D eigenvalue weighted by Gasteiger charge is -2.12. The highest BCUT2D eigenvalue weighted by molar-refractivity contribution is 6.10. The Morgan fingerprint density at radius 3 is 2.48 bits per heavy atom. The summed E-state index contributed by atoms with van der Waals surface area (Å²) in [6, 6.07) is 13.7. The fraction of sp³-hybridized carbons (Fsp3) is 0.125. The number of nitrogens with zero attached hydrogens (tertiary/aromatic N) is 3. The summed E-state index contributed by atoms with van der Waals surface area (Å²) in [5.41, 5.74) is 9.48. The number of hydrogen-bond acceptors (Lipinski definition) is 3. The van der Waals surface area contributed by atoms with Crippen molar-refractivity contribution in [3.05, 3.63) is 59.4 Å². The van der Waals surface area contributed by atoms with Crippen molar-refractivity contribution in [3.63, 3.8) is 0 Å². The summed E-state index contributed by atoms with van der Waals surface area (Å²) in [5.74, 6) is 0.103. The monoisotopic (exact) mass is 280 g/mol. The van der Waals surface area contributed by atoms with Crippen molar-refractivity contribution in [2.24, 2.45) is 10.9 Å². The van der Waals surface area contributed by atoms with Gasteiger partial charge in [-0.15, -0.1) is 0 Å². The van der Waals surface area contributed by atoms with Crippen LogP contribution in [0.2, 0.25) is 0 Å². The lowest BCUT2D eigenvalue weighted by molar-refractivity contribution is 0.318. The van der Waals surface area contributed by atoms with E-state index in [1.807, 2.05) is 61.0 Å². The molecule has 0 saturated carbocycles. The van der Waals surface area contributed by atoms with Crippen LogP contribution in [0.5, 0.6) is 0 Å². The number of amidine groups is 1. The van der Waals surface area contributed by atoms with E-state index >= 15 is 0 Å². The van der Waals surface area contributed by atoms with Crippen LogP contribution in [0.25, 0.3) is 16.5 Å². The summed E-state index contributed by atoms with van der Waals surface area (Å²) in [6.07, 6.45) is 0. The molecule has 0 aliphatic rings. The molecule has 0 aliphatic carbocycles. The fourth-order valence-electron chi connectivity index (χ4n) is 2.62. The van der Waals surface area contributed by atoms with E-state index in [1.165, 1.54) is 0 Å². The molecule has 3 aromatic rings. The van der Waals surface area contributed by atoms with E-state index in [0.29, 0.717) is 5.56 Å². The first-order chi connectivity index (χ1) is 10.1. The minimum Gasteiger partial charge on any atom is -0.409 e. The Morgan fingerprint density at radius 1 is 1.14 bits per heavy atom. The minimum atomic E-state index is 0.103. The molecule has 0 saturated heterocycles. The molecule has 106 valence electrons. The van der Waals surface area contributed by atoms with E-state index in [0.717, 1.165) is 27.8 Å². The van der Waals surface area contributed by atoms with Crippen LogP contribution in [0, 0.1) is 13.8 Å². The zero-order valence-corrected chi connectivity index (χ0v) is 11.9. The number of hydrogen-bond donors (Lipinski definition) is 2. The van der Waals surface area contributed by atoms with E-state index in [2.05, 4.69) is 10.3 Å². The Bertz CT molecular complexity index is 849. The van der Waals surface area contributed by atoms with Gasteiger partial charge in [-0.05, 0) is 37.4 Å². The highest BCUT2D eigenvalue weighted by atomic mass is 16.4. The maximum absolute atomic E-state index is 8.93. The van der Waals surface area contributed by atoms with Gasteiger partial charge >= 0.3 is 0 Å². The molecule has 1 aromatic heterocycles. The van der Waals surface area contributed by atoms with Gasteiger partial charge in [0.25, 0.3) is 0 Å². The van der Waals surface area contributed by atoms with Gasteiger partial charge in [-0.25, -0.2) is 4.68 Å². The van der Waals surface area contributed by atoms with Crippen LogP contribution >= 0.6 is 0 Å². The molecule has 0 amide bonds. The molecule has 0 aliphatic heterocycles. The molecule has 3 rings (SSSR count). The molecule has 1 heterocycles. The highest BCUT2D eigenvalue weighted by Crippen LogP contribution is 2.26. The van der Waals surface area contributed by atoms with Crippen LogP contribution in [0.1, 0.15) is 17.0 Å². The van der Waals surface area contributed by atoms with Gasteiger partial charge in [0.15, 0.2) is 5.84 Å². The third kappa shape index (κ3) is 2.12. The molecule has 0 bridgehead atoms. The summed E-state index contributed by atoms with van der Waals surface area (Å²) in [7, 11) is 0. The van der Waals surface area contributed by atoms with Crippen molar-refractivity contribution in [1.82, 2.24) is 9.78 Å². The molecule has 5 heteroatoms. The van der Waals surface area contributed by atoms with Crippen molar-refractivity contribution >= 4 is 16.6 Å². The number of rotatable bonds is 2. The van der Waals surface area contributed by atoms with Crippen LogP contribution in [0.3, 0.4) is 0 Å². The number of aromatic nitrogens is 2. The van der Waals surface area contributed by atoms with Crippen LogP contribution in [-0.4, -0.2) is 20.8 Å². The fourth-order valence-corrected chi connectivity index (χ4v) is 2.62. The Morgan fingerprint density at radius 2 is 1.86 bits per heavy atom. The number of aryl methyl sites for hydroxylation is 2. The first-order valence-corrected chi connectivity index (χ1v) is 6.65. The topological polar surface area (TPSA) is 76.4 Å². The lowest BCUT2D eigenvalue weighted by Crippen LogP contribution is -2.14. The number of benzene rings is 2. The van der Waals surface area contributed by atoms with E-state index in [-0.39, 0.29) is 5.84 Å². The maximum Gasteiger partial charge on any atom is 0.170 e. The molecule has 0 atom stereocenters. The summed E-state index contributed by atoms with van der Waals surface area (Å²) in [6.45, 7) is 3.99. The Labute approximate surface area is 122 Å². The quantitative estimate of drug-likeness (QED) is 0.328. The molecule has 2 aromatic carbocycles. The first kappa shape index (κ1) is 13.2. The molecule has 3 N–H and O–H groups in total. The molecular formula is C16H16N4O. The molecule has 0 radical (unpaired) electrons. The highest BCUT2D eigenvalue weighted by Gasteiger charge is 2.12. The smallest absolute Gasteiger partial charge is 0.170 e. The standard InChI is InChI=1S/C16H16N4O/c1-10-9-11(2)20(18-10)15-8-7-14(16(17)19-21)12-5-3-4-6-13(12)15/h3-9,21H,1-2H3,(H2,17,19). The van der Waals surface area contributed by atoms with Crippen LogP contribution < -0.4 is 5.73 Å². The van der Waals surface area contributed by atoms with Gasteiger partial charge in [0, 0.05) is 16.6 Å². The third-order valence-electron chi connectivity index (χ3n) is 3.52. The van der Waals surface area contributed by atoms with Gasteiger partial charge in [0.05, 0.1) is 11.4 Å². The summed E-state index contributed by atoms with van der Waals surface area (Å²) in [4.78, 5) is 0. The Kier molecular flexibility index (Phi) is 3.10. The second kappa shape index (κ2) is 4.94. The van der Waals surface area contributed by atoms with Crippen molar-refractivity contribution < 1.29 is 5.21 Å². The largest absolute Gasteiger partial charge is 0.409 e. The van der Waals surface area contributed by atoms with Crippen LogP contribution in [0.4, 0.5) is 0 Å². The van der Waals surface area contributed by atoms with Crippen molar-refractivity contribution in [2.45, 2.75) is 13.8 Å². The molecule has 21 heavy (non-hydrogen) atoms. The predicted molar refractivity (Wildman–Crippen MR) is 83.1 cm³/mol. The molecule has 0 spiro atoms. The Balaban J connectivity index is 2.34. The van der Waals surface area contributed by atoms with E-state index in [9.17, 15) is 0 Å². The number of fused-ring (bicyclic) bond motifs is 1. The predicted octanol–water partition coefficient (Wildman–Crippen LogP) is 2.74. The van der Waals surface area contributed by atoms with E-state index in [4.69, 9.17) is 10.9 Å². The number of oxime groups is 1. The average molecular weight is 280 g/mol. The lowest BCUT2D eigenvalue weighted by atomic mass is 10.0. The first-order valence-electron chi connectivity index (χ1n) is 6.65. The second-order valence-corrected chi connectivity index (χ2v) is 5.00. The molecule has 0 unspecified atom stereocenters. The van der Waals surface area contributed by atoms with Gasteiger partial charge in [-0.2, -0.15) is 5.10 Å². The summed E-state index contributed by atoms with van der Waals surface area (Å²) < 4.78 is 1.91. The summed E-state index contributed by atoms with van der Waals surface area (Å²) in [5, 5.41) is 18.5. The van der Waals surface area contributed by atoms with Crippen LogP contribution in [-0.2, 0) is 0 Å². The Hall–Kier alpha value is -2.82. The zero-order valence-electron chi connectivity index (χ0n) is 11.9. The average Bonchev–Trinajstić information content (AvgIpc) is 2.84. The van der Waals surface area contributed by atoms with Gasteiger partial charge in [0.1, 0.15) is 0 Å². The second-order valence-electron chi connectivity index (χ2n) is 5.00. The van der Waals surface area contributed by atoms with Gasteiger partial charge in [-0.3, -0.25) is 0 Å². The van der Waals surface area contributed by atoms with Gasteiger partial charge < -0.3 is 10.9 Å². The van der Waals surface area contributed by atoms with Gasteiger partial charge in [0.2, 0.25) is 0 Å². The molecule has 5 nitrogen and oxygen atoms in total. The number of nitrogens with two attached hydrogens (primary N) is 1. The van der Waals surface area contributed by atoms with Crippen molar-refractivity contribution in [3.8, 4) is 5.69 Å². The summed E-state index contributed by atoms with van der Waals surface area (Å²) >= 11 is 0. The van der Waals surface area contributed by atoms with Gasteiger partial charge in [-0.1, -0.05) is 29.4 Å². The van der Waals surface area contributed by atoms with E-state index in [1.54, 1.807) is 0 Å². The van der Waals surface area contributed by atoms with Crippen molar-refractivity contribution in [1.29, 1.82) is 0 Å². The van der Waals surface area contributed by atoms with Crippen LogP contribution in [0.15, 0.2) is 47.6 Å². The normalized spacial score (nSPS) is 12.0. The van der Waals surface area contributed by atoms with E-state index < -0.39 is 0 Å². The minimum absolute atomic E-state index is 0.103. The maximum atomic E-state index is 8.93. The SMILES string of the molecule is Cc1cc(C)n(-c2ccc(/C(N)=N/O)c3ccccc23)n1. The molecular weight excluding hydrogens is 264 g/mol. The van der Waals surface area contributed by atoms with Crippen molar-refractivity contribution in [2.75, 3.05) is 0 Å². The third-order valence-corrected chi connectivity index (χ3v) is 3.52. The molecule has 0 fully saturated rings. The zero-order chi connectivity index (χ0) is 15.0.